The van der Waals surface area contributed by atoms with E-state index in [2.05, 4.69) is 32.9 Å². The summed E-state index contributed by atoms with van der Waals surface area (Å²) in [6.45, 7) is 6.89. The lowest BCUT2D eigenvalue weighted by Crippen LogP contribution is -2.14. The van der Waals surface area contributed by atoms with E-state index in [1.54, 1.807) is 0 Å². The highest BCUT2D eigenvalue weighted by molar-refractivity contribution is 5.36. The summed E-state index contributed by atoms with van der Waals surface area (Å²) in [4.78, 5) is 0. The van der Waals surface area contributed by atoms with Crippen molar-refractivity contribution >= 4 is 0 Å². The van der Waals surface area contributed by atoms with Gasteiger partial charge in [-0.1, -0.05) is 17.7 Å². The molecule has 17 heavy (non-hydrogen) atoms. The minimum Gasteiger partial charge on any atom is -0.390 e. The maximum Gasteiger partial charge on any atom is 0.0903 e. The molecule has 0 aliphatic carbocycles. The Balaban J connectivity index is 2.56. The third-order valence-corrected chi connectivity index (χ3v) is 2.72. The summed E-state index contributed by atoms with van der Waals surface area (Å²) in [5.41, 5.74) is 4.82. The van der Waals surface area contributed by atoms with E-state index in [4.69, 9.17) is 10.00 Å². The van der Waals surface area contributed by atoms with E-state index in [0.29, 0.717) is 6.61 Å². The summed E-state index contributed by atoms with van der Waals surface area (Å²) < 4.78 is 5.43. The number of nitriles is 1. The zero-order valence-corrected chi connectivity index (χ0v) is 10.7. The summed E-state index contributed by atoms with van der Waals surface area (Å²) in [5, 5.41) is 17.8. The molecule has 0 heterocycles. The number of aliphatic hydroxyl groups excluding tert-OH is 1. The minimum atomic E-state index is -0.689. The van der Waals surface area contributed by atoms with E-state index >= 15 is 0 Å². The second-order valence-electron chi connectivity index (χ2n) is 4.41. The highest BCUT2D eigenvalue weighted by Gasteiger charge is 2.07. The number of hydrogen-bond donors (Lipinski definition) is 1. The molecule has 0 aromatic heterocycles. The molecule has 1 unspecified atom stereocenters. The summed E-state index contributed by atoms with van der Waals surface area (Å²) >= 11 is 0. The van der Waals surface area contributed by atoms with E-state index in [1.807, 2.05) is 6.07 Å². The lowest BCUT2D eigenvalue weighted by Gasteiger charge is -2.13. The van der Waals surface area contributed by atoms with Crippen LogP contribution in [0.15, 0.2) is 12.1 Å². The van der Waals surface area contributed by atoms with Crippen LogP contribution in [0.25, 0.3) is 0 Å². The van der Waals surface area contributed by atoms with Gasteiger partial charge in [-0.2, -0.15) is 5.26 Å². The van der Waals surface area contributed by atoms with Gasteiger partial charge in [0.2, 0.25) is 0 Å². The maximum atomic E-state index is 9.36. The van der Waals surface area contributed by atoms with Crippen LogP contribution in [-0.2, 0) is 11.3 Å². The maximum absolute atomic E-state index is 9.36. The third-order valence-electron chi connectivity index (χ3n) is 2.72. The molecule has 1 atom stereocenters. The van der Waals surface area contributed by atoms with Crippen LogP contribution < -0.4 is 0 Å². The Morgan fingerprint density at radius 3 is 2.41 bits per heavy atom. The first-order valence-corrected chi connectivity index (χ1v) is 5.74. The Labute approximate surface area is 103 Å². The summed E-state index contributed by atoms with van der Waals surface area (Å²) in [7, 11) is 0. The van der Waals surface area contributed by atoms with Crippen LogP contribution in [-0.4, -0.2) is 17.8 Å². The molecule has 0 aliphatic rings. The molecular formula is C14H19NO2. The standard InChI is InChI=1S/C14H19NO2/c1-10-6-11(2)14(12(3)7-10)9-17-8-13(16)4-5-15/h6-7,13,16H,4,8-9H2,1-3H3. The number of aliphatic hydroxyl groups is 1. The number of hydrogen-bond acceptors (Lipinski definition) is 3. The van der Waals surface area contributed by atoms with Crippen molar-refractivity contribution in [2.45, 2.75) is 39.9 Å². The lowest BCUT2D eigenvalue weighted by molar-refractivity contribution is 0.0305. The monoisotopic (exact) mass is 233 g/mol. The van der Waals surface area contributed by atoms with E-state index in [1.165, 1.54) is 22.3 Å². The van der Waals surface area contributed by atoms with Gasteiger partial charge in [-0.05, 0) is 37.5 Å². The van der Waals surface area contributed by atoms with Gasteiger partial charge < -0.3 is 9.84 Å². The molecule has 1 aromatic rings. The van der Waals surface area contributed by atoms with Crippen LogP contribution in [0.4, 0.5) is 0 Å². The summed E-state index contributed by atoms with van der Waals surface area (Å²) in [6, 6.07) is 6.16. The fraction of sp³-hybridized carbons (Fsp3) is 0.500. The highest BCUT2D eigenvalue weighted by atomic mass is 16.5. The van der Waals surface area contributed by atoms with Crippen molar-refractivity contribution in [1.29, 1.82) is 5.26 Å². The van der Waals surface area contributed by atoms with Gasteiger partial charge in [0.05, 0.1) is 31.8 Å². The van der Waals surface area contributed by atoms with Crippen LogP contribution in [0.2, 0.25) is 0 Å². The van der Waals surface area contributed by atoms with Gasteiger partial charge >= 0.3 is 0 Å². The van der Waals surface area contributed by atoms with E-state index in [-0.39, 0.29) is 13.0 Å². The minimum absolute atomic E-state index is 0.117. The molecule has 0 saturated carbocycles. The predicted octanol–water partition coefficient (Wildman–Crippen LogP) is 2.40. The average molecular weight is 233 g/mol. The third kappa shape index (κ3) is 4.18. The Bertz CT molecular complexity index is 398. The van der Waals surface area contributed by atoms with Crippen LogP contribution in [0.1, 0.15) is 28.7 Å². The van der Waals surface area contributed by atoms with Crippen molar-refractivity contribution in [2.24, 2.45) is 0 Å². The van der Waals surface area contributed by atoms with Crippen LogP contribution in [0.3, 0.4) is 0 Å². The number of nitrogens with zero attached hydrogens (tertiary/aromatic N) is 1. The molecule has 1 N–H and O–H groups in total. The molecule has 0 saturated heterocycles. The fourth-order valence-electron chi connectivity index (χ4n) is 1.90. The SMILES string of the molecule is Cc1cc(C)c(COCC(O)CC#N)c(C)c1. The molecule has 0 spiro atoms. The van der Waals surface area contributed by atoms with Gasteiger partial charge in [-0.3, -0.25) is 0 Å². The number of rotatable bonds is 5. The molecule has 3 heteroatoms. The topological polar surface area (TPSA) is 53.2 Å². The van der Waals surface area contributed by atoms with E-state index in [0.717, 1.165) is 0 Å². The molecule has 0 fully saturated rings. The van der Waals surface area contributed by atoms with Crippen molar-refractivity contribution in [1.82, 2.24) is 0 Å². The number of ether oxygens (including phenoxy) is 1. The van der Waals surface area contributed by atoms with Crippen molar-refractivity contribution < 1.29 is 9.84 Å². The molecule has 92 valence electrons. The Morgan fingerprint density at radius 1 is 1.29 bits per heavy atom. The van der Waals surface area contributed by atoms with Crippen LogP contribution >= 0.6 is 0 Å². The Kier molecular flexibility index (Phi) is 5.14. The van der Waals surface area contributed by atoms with Gasteiger partial charge in [0.15, 0.2) is 0 Å². The summed E-state index contributed by atoms with van der Waals surface area (Å²) in [5.74, 6) is 0. The van der Waals surface area contributed by atoms with Gasteiger partial charge in [0, 0.05) is 0 Å². The normalized spacial score (nSPS) is 12.2. The number of aryl methyl sites for hydroxylation is 3. The average Bonchev–Trinajstić information content (AvgIpc) is 2.22. The lowest BCUT2D eigenvalue weighted by atomic mass is 10.0. The van der Waals surface area contributed by atoms with Gasteiger partial charge in [0.25, 0.3) is 0 Å². The van der Waals surface area contributed by atoms with E-state index < -0.39 is 6.10 Å². The van der Waals surface area contributed by atoms with Crippen molar-refractivity contribution in [3.8, 4) is 6.07 Å². The van der Waals surface area contributed by atoms with Crippen LogP contribution in [0.5, 0.6) is 0 Å². The largest absolute Gasteiger partial charge is 0.390 e. The van der Waals surface area contributed by atoms with Gasteiger partial charge in [-0.25, -0.2) is 0 Å². The summed E-state index contributed by atoms with van der Waals surface area (Å²) in [6.07, 6.45) is -0.572. The Morgan fingerprint density at radius 2 is 1.88 bits per heavy atom. The zero-order chi connectivity index (χ0) is 12.8. The molecule has 0 bridgehead atoms. The second kappa shape index (κ2) is 6.39. The second-order valence-corrected chi connectivity index (χ2v) is 4.41. The van der Waals surface area contributed by atoms with Gasteiger partial charge in [-0.15, -0.1) is 0 Å². The first-order valence-electron chi connectivity index (χ1n) is 5.74. The van der Waals surface area contributed by atoms with Crippen molar-refractivity contribution in [3.05, 3.63) is 34.4 Å². The molecule has 0 amide bonds. The fourth-order valence-corrected chi connectivity index (χ4v) is 1.90. The molecule has 1 rings (SSSR count). The Hall–Kier alpha value is -1.37. The van der Waals surface area contributed by atoms with Crippen LogP contribution in [0, 0.1) is 32.1 Å². The molecule has 0 radical (unpaired) electrons. The smallest absolute Gasteiger partial charge is 0.0903 e. The molecular weight excluding hydrogens is 214 g/mol. The number of benzene rings is 1. The van der Waals surface area contributed by atoms with Gasteiger partial charge in [0.1, 0.15) is 0 Å². The zero-order valence-electron chi connectivity index (χ0n) is 10.7. The molecule has 1 aromatic carbocycles. The highest BCUT2D eigenvalue weighted by Crippen LogP contribution is 2.17. The molecule has 0 aliphatic heterocycles. The van der Waals surface area contributed by atoms with Crippen molar-refractivity contribution in [2.75, 3.05) is 6.61 Å². The van der Waals surface area contributed by atoms with E-state index in [9.17, 15) is 5.11 Å². The molecule has 3 nitrogen and oxygen atoms in total. The quantitative estimate of drug-likeness (QED) is 0.849. The predicted molar refractivity (Wildman–Crippen MR) is 66.5 cm³/mol. The van der Waals surface area contributed by atoms with Crippen molar-refractivity contribution in [3.63, 3.8) is 0 Å². The first kappa shape index (κ1) is 13.7. The first-order chi connectivity index (χ1) is 8.04.